The van der Waals surface area contributed by atoms with Crippen molar-refractivity contribution in [2.24, 2.45) is 0 Å². The standard InChI is InChI=1S/C12H15N3O3/c16-11(17)7-10-12(18)15(6-5-14-10)8-9-3-1-2-4-13-9/h1-4,10,14H,5-8H2,(H,16,17). The zero-order chi connectivity index (χ0) is 13.0. The Morgan fingerprint density at radius 1 is 1.56 bits per heavy atom. The number of aromatic nitrogens is 1. The van der Waals surface area contributed by atoms with Crippen molar-refractivity contribution in [2.45, 2.75) is 19.0 Å². The molecule has 0 aromatic carbocycles. The summed E-state index contributed by atoms with van der Waals surface area (Å²) >= 11 is 0. The Morgan fingerprint density at radius 3 is 3.06 bits per heavy atom. The largest absolute Gasteiger partial charge is 0.481 e. The fourth-order valence-corrected chi connectivity index (χ4v) is 1.97. The van der Waals surface area contributed by atoms with Crippen molar-refractivity contribution in [1.82, 2.24) is 15.2 Å². The van der Waals surface area contributed by atoms with Gasteiger partial charge in [-0.3, -0.25) is 14.6 Å². The van der Waals surface area contributed by atoms with Gasteiger partial charge in [0.1, 0.15) is 0 Å². The van der Waals surface area contributed by atoms with Gasteiger partial charge in [-0.25, -0.2) is 0 Å². The molecule has 1 aromatic heterocycles. The fourth-order valence-electron chi connectivity index (χ4n) is 1.97. The predicted molar refractivity (Wildman–Crippen MR) is 63.7 cm³/mol. The molecule has 1 amide bonds. The van der Waals surface area contributed by atoms with Gasteiger partial charge in [0.05, 0.1) is 24.7 Å². The van der Waals surface area contributed by atoms with Crippen molar-refractivity contribution in [2.75, 3.05) is 13.1 Å². The van der Waals surface area contributed by atoms with Crippen LogP contribution < -0.4 is 5.32 Å². The van der Waals surface area contributed by atoms with Gasteiger partial charge in [0.25, 0.3) is 0 Å². The van der Waals surface area contributed by atoms with E-state index in [9.17, 15) is 9.59 Å². The van der Waals surface area contributed by atoms with Crippen LogP contribution >= 0.6 is 0 Å². The molecule has 0 saturated carbocycles. The van der Waals surface area contributed by atoms with Gasteiger partial charge in [0.15, 0.2) is 0 Å². The van der Waals surface area contributed by atoms with Gasteiger partial charge >= 0.3 is 5.97 Å². The van der Waals surface area contributed by atoms with Crippen molar-refractivity contribution >= 4 is 11.9 Å². The fraction of sp³-hybridized carbons (Fsp3) is 0.417. The van der Waals surface area contributed by atoms with E-state index >= 15 is 0 Å². The van der Waals surface area contributed by atoms with Crippen molar-refractivity contribution in [3.63, 3.8) is 0 Å². The normalized spacial score (nSPS) is 19.9. The lowest BCUT2D eigenvalue weighted by atomic mass is 10.1. The lowest BCUT2D eigenvalue weighted by Crippen LogP contribution is -2.55. The SMILES string of the molecule is O=C(O)CC1NCCN(Cc2ccccn2)C1=O. The van der Waals surface area contributed by atoms with E-state index in [2.05, 4.69) is 10.3 Å². The maximum absolute atomic E-state index is 12.0. The smallest absolute Gasteiger partial charge is 0.305 e. The van der Waals surface area contributed by atoms with E-state index in [0.717, 1.165) is 5.69 Å². The Balaban J connectivity index is 2.00. The summed E-state index contributed by atoms with van der Waals surface area (Å²) in [5, 5.41) is 11.7. The van der Waals surface area contributed by atoms with Crippen molar-refractivity contribution in [3.8, 4) is 0 Å². The Bertz CT molecular complexity index is 435. The second-order valence-corrected chi connectivity index (χ2v) is 4.19. The summed E-state index contributed by atoms with van der Waals surface area (Å²) in [4.78, 5) is 28.5. The first-order valence-corrected chi connectivity index (χ1v) is 5.80. The Labute approximate surface area is 105 Å². The zero-order valence-corrected chi connectivity index (χ0v) is 9.87. The highest BCUT2D eigenvalue weighted by Crippen LogP contribution is 2.09. The van der Waals surface area contributed by atoms with Gasteiger partial charge in [-0.15, -0.1) is 0 Å². The average molecular weight is 249 g/mol. The van der Waals surface area contributed by atoms with E-state index in [1.807, 2.05) is 18.2 Å². The quantitative estimate of drug-likeness (QED) is 0.776. The monoisotopic (exact) mass is 249 g/mol. The predicted octanol–water partition coefficient (Wildman–Crippen LogP) is -0.143. The lowest BCUT2D eigenvalue weighted by Gasteiger charge is -2.32. The minimum Gasteiger partial charge on any atom is -0.481 e. The van der Waals surface area contributed by atoms with Gasteiger partial charge < -0.3 is 15.3 Å². The first-order chi connectivity index (χ1) is 8.66. The number of amides is 1. The maximum Gasteiger partial charge on any atom is 0.305 e. The number of piperazine rings is 1. The van der Waals surface area contributed by atoms with Gasteiger partial charge in [0, 0.05) is 19.3 Å². The number of carbonyl (C=O) groups is 2. The van der Waals surface area contributed by atoms with E-state index in [0.29, 0.717) is 19.6 Å². The molecule has 1 fully saturated rings. The summed E-state index contributed by atoms with van der Waals surface area (Å²) in [7, 11) is 0. The molecular weight excluding hydrogens is 234 g/mol. The number of nitrogens with one attached hydrogen (secondary N) is 1. The number of hydrogen-bond acceptors (Lipinski definition) is 4. The molecule has 96 valence electrons. The molecule has 0 bridgehead atoms. The topological polar surface area (TPSA) is 82.5 Å². The number of hydrogen-bond donors (Lipinski definition) is 2. The van der Waals surface area contributed by atoms with Crippen molar-refractivity contribution < 1.29 is 14.7 Å². The molecule has 1 atom stereocenters. The number of rotatable bonds is 4. The number of carboxylic acids is 1. The number of carbonyl (C=O) groups excluding carboxylic acids is 1. The summed E-state index contributed by atoms with van der Waals surface area (Å²) in [6.07, 6.45) is 1.49. The highest BCUT2D eigenvalue weighted by Gasteiger charge is 2.29. The average Bonchev–Trinajstić information content (AvgIpc) is 2.35. The van der Waals surface area contributed by atoms with Gasteiger partial charge in [-0.2, -0.15) is 0 Å². The van der Waals surface area contributed by atoms with E-state index in [1.54, 1.807) is 11.1 Å². The summed E-state index contributed by atoms with van der Waals surface area (Å²) < 4.78 is 0. The molecule has 6 nitrogen and oxygen atoms in total. The third-order valence-corrected chi connectivity index (χ3v) is 2.84. The summed E-state index contributed by atoms with van der Waals surface area (Å²) in [5.41, 5.74) is 0.807. The van der Waals surface area contributed by atoms with Gasteiger partial charge in [0.2, 0.25) is 5.91 Å². The number of carboxylic acid groups (broad SMARTS) is 1. The van der Waals surface area contributed by atoms with Gasteiger partial charge in [-0.1, -0.05) is 6.07 Å². The van der Waals surface area contributed by atoms with Crippen LogP contribution in [0.3, 0.4) is 0 Å². The molecule has 18 heavy (non-hydrogen) atoms. The van der Waals surface area contributed by atoms with Crippen LogP contribution in [0.25, 0.3) is 0 Å². The molecule has 0 spiro atoms. The number of pyridine rings is 1. The molecule has 0 aliphatic carbocycles. The third kappa shape index (κ3) is 3.04. The zero-order valence-electron chi connectivity index (χ0n) is 9.87. The Hall–Kier alpha value is -1.95. The third-order valence-electron chi connectivity index (χ3n) is 2.84. The molecule has 1 aromatic rings. The van der Waals surface area contributed by atoms with Crippen molar-refractivity contribution in [3.05, 3.63) is 30.1 Å². The summed E-state index contributed by atoms with van der Waals surface area (Å²) in [6.45, 7) is 1.61. The molecule has 1 unspecified atom stereocenters. The summed E-state index contributed by atoms with van der Waals surface area (Å²) in [5.74, 6) is -1.14. The molecule has 2 rings (SSSR count). The second-order valence-electron chi connectivity index (χ2n) is 4.19. The molecule has 1 aliphatic rings. The highest BCUT2D eigenvalue weighted by molar-refractivity contribution is 5.86. The van der Waals surface area contributed by atoms with Gasteiger partial charge in [-0.05, 0) is 12.1 Å². The molecule has 2 heterocycles. The van der Waals surface area contributed by atoms with E-state index in [1.165, 1.54) is 0 Å². The summed E-state index contributed by atoms with van der Waals surface area (Å²) in [6, 6.07) is 4.90. The van der Waals surface area contributed by atoms with Crippen LogP contribution in [0, 0.1) is 0 Å². The Morgan fingerprint density at radius 2 is 2.39 bits per heavy atom. The molecule has 6 heteroatoms. The highest BCUT2D eigenvalue weighted by atomic mass is 16.4. The molecule has 1 saturated heterocycles. The minimum absolute atomic E-state index is 0.172. The van der Waals surface area contributed by atoms with Crippen LogP contribution in [0.4, 0.5) is 0 Å². The van der Waals surface area contributed by atoms with Crippen molar-refractivity contribution in [1.29, 1.82) is 0 Å². The molecule has 2 N–H and O–H groups in total. The van der Waals surface area contributed by atoms with Crippen LogP contribution in [0.1, 0.15) is 12.1 Å². The van der Waals surface area contributed by atoms with Crippen LogP contribution in [0.2, 0.25) is 0 Å². The van der Waals surface area contributed by atoms with Crippen LogP contribution in [-0.2, 0) is 16.1 Å². The first kappa shape index (κ1) is 12.5. The second kappa shape index (κ2) is 5.59. The van der Waals surface area contributed by atoms with Crippen LogP contribution in [-0.4, -0.2) is 46.0 Å². The van der Waals surface area contributed by atoms with Crippen LogP contribution in [0.15, 0.2) is 24.4 Å². The van der Waals surface area contributed by atoms with E-state index < -0.39 is 12.0 Å². The molecular formula is C12H15N3O3. The van der Waals surface area contributed by atoms with E-state index in [4.69, 9.17) is 5.11 Å². The van der Waals surface area contributed by atoms with Crippen LogP contribution in [0.5, 0.6) is 0 Å². The maximum atomic E-state index is 12.0. The number of nitrogens with zero attached hydrogens (tertiary/aromatic N) is 2. The minimum atomic E-state index is -0.972. The first-order valence-electron chi connectivity index (χ1n) is 5.80. The lowest BCUT2D eigenvalue weighted by molar-refractivity contribution is -0.144. The number of aliphatic carboxylic acids is 1. The molecule has 1 aliphatic heterocycles. The molecule has 0 radical (unpaired) electrons. The van der Waals surface area contributed by atoms with E-state index in [-0.39, 0.29) is 12.3 Å². The Kier molecular flexibility index (Phi) is 3.88.